The average Bonchev–Trinajstić information content (AvgIpc) is 3.15. The molecule has 0 aliphatic carbocycles. The Kier molecular flexibility index (Phi) is 6.17. The van der Waals surface area contributed by atoms with Crippen LogP contribution in [0.25, 0.3) is 22.2 Å². The zero-order valence-electron chi connectivity index (χ0n) is 20.9. The number of anilines is 1. The van der Waals surface area contributed by atoms with Crippen LogP contribution in [0, 0.1) is 5.82 Å². The van der Waals surface area contributed by atoms with Gasteiger partial charge in [-0.1, -0.05) is 69.3 Å². The molecule has 1 amide bonds. The summed E-state index contributed by atoms with van der Waals surface area (Å²) in [5, 5.41) is 7.43. The summed E-state index contributed by atoms with van der Waals surface area (Å²) in [4.78, 5) is 22.7. The first kappa shape index (κ1) is 24.1. The quantitative estimate of drug-likeness (QED) is 0.319. The number of hydrogen-bond donors (Lipinski definition) is 2. The second-order valence-corrected chi connectivity index (χ2v) is 9.88. The van der Waals surface area contributed by atoms with Gasteiger partial charge in [-0.2, -0.15) is 9.78 Å². The number of nitrogen functional groups attached to an aromatic ring is 1. The molecular weight excluding hydrogens is 467 g/mol. The van der Waals surface area contributed by atoms with Crippen molar-refractivity contribution in [3.05, 3.63) is 101 Å². The van der Waals surface area contributed by atoms with Crippen LogP contribution < -0.4 is 11.1 Å². The second-order valence-electron chi connectivity index (χ2n) is 9.88. The van der Waals surface area contributed by atoms with Crippen molar-refractivity contribution < 1.29 is 9.18 Å². The lowest BCUT2D eigenvalue weighted by molar-refractivity contribution is 0.0953. The van der Waals surface area contributed by atoms with Gasteiger partial charge in [-0.25, -0.2) is 14.4 Å². The summed E-state index contributed by atoms with van der Waals surface area (Å²) in [6.45, 7) is 6.69. The Balaban J connectivity index is 1.54. The minimum Gasteiger partial charge on any atom is -0.383 e. The molecule has 0 saturated heterocycles. The van der Waals surface area contributed by atoms with Crippen molar-refractivity contribution in [1.29, 1.82) is 0 Å². The van der Waals surface area contributed by atoms with E-state index in [4.69, 9.17) is 15.7 Å². The van der Waals surface area contributed by atoms with Gasteiger partial charge in [-0.05, 0) is 46.4 Å². The van der Waals surface area contributed by atoms with E-state index in [9.17, 15) is 9.18 Å². The Hall–Kier alpha value is -4.59. The first-order chi connectivity index (χ1) is 17.7. The van der Waals surface area contributed by atoms with E-state index >= 15 is 0 Å². The molecule has 0 saturated carbocycles. The fourth-order valence-corrected chi connectivity index (χ4v) is 4.05. The zero-order valence-corrected chi connectivity index (χ0v) is 20.9. The van der Waals surface area contributed by atoms with Crippen LogP contribution in [0.2, 0.25) is 0 Å². The zero-order chi connectivity index (χ0) is 26.2. The Morgan fingerprint density at radius 2 is 1.65 bits per heavy atom. The molecule has 5 rings (SSSR count). The van der Waals surface area contributed by atoms with E-state index in [1.165, 1.54) is 22.4 Å². The normalized spacial score (nSPS) is 12.0. The van der Waals surface area contributed by atoms with Crippen LogP contribution >= 0.6 is 0 Å². The monoisotopic (exact) mass is 494 g/mol. The maximum Gasteiger partial charge on any atom is 0.257 e. The van der Waals surface area contributed by atoms with Gasteiger partial charge in [0.15, 0.2) is 5.65 Å². The van der Waals surface area contributed by atoms with Gasteiger partial charge < -0.3 is 11.1 Å². The lowest BCUT2D eigenvalue weighted by atomic mass is 9.87. The number of fused-ring (bicyclic) bond motifs is 2. The lowest BCUT2D eigenvalue weighted by Crippen LogP contribution is -2.23. The van der Waals surface area contributed by atoms with Crippen LogP contribution in [0.1, 0.15) is 47.8 Å². The molecule has 186 valence electrons. The fourth-order valence-electron chi connectivity index (χ4n) is 4.05. The number of nitrogens with one attached hydrogen (secondary N) is 1. The minimum absolute atomic E-state index is 0.0452. The topological polar surface area (TPSA) is 98.2 Å². The van der Waals surface area contributed by atoms with Gasteiger partial charge in [0.2, 0.25) is 0 Å². The fraction of sp³-hybridized carbons (Fsp3) is 0.172. The summed E-state index contributed by atoms with van der Waals surface area (Å²) in [5.41, 5.74) is 11.6. The van der Waals surface area contributed by atoms with Gasteiger partial charge in [0.1, 0.15) is 22.7 Å². The van der Waals surface area contributed by atoms with E-state index in [1.807, 2.05) is 36.4 Å². The van der Waals surface area contributed by atoms with E-state index in [-0.39, 0.29) is 29.2 Å². The molecule has 37 heavy (non-hydrogen) atoms. The molecule has 0 atom stereocenters. The highest BCUT2D eigenvalue weighted by Gasteiger charge is 2.24. The maximum absolute atomic E-state index is 13.3. The van der Waals surface area contributed by atoms with Gasteiger partial charge in [-0.15, -0.1) is 0 Å². The van der Waals surface area contributed by atoms with Crippen LogP contribution in [0.5, 0.6) is 0 Å². The lowest BCUT2D eigenvalue weighted by Gasteiger charge is -2.18. The SMILES string of the molecule is CC(C)(C)c1ccc(/C=N\n2c(N)c(C(=O)NCc3ccc(F)cc3)c3nc4ccccc4nc32)cc1. The van der Waals surface area contributed by atoms with Gasteiger partial charge in [0.05, 0.1) is 17.2 Å². The molecule has 0 aliphatic heterocycles. The summed E-state index contributed by atoms with van der Waals surface area (Å²) in [7, 11) is 0. The number of aromatic nitrogens is 3. The van der Waals surface area contributed by atoms with E-state index in [1.54, 1.807) is 18.3 Å². The molecule has 3 aromatic carbocycles. The van der Waals surface area contributed by atoms with Crippen LogP contribution in [-0.4, -0.2) is 26.8 Å². The number of nitrogens with zero attached hydrogens (tertiary/aromatic N) is 4. The second kappa shape index (κ2) is 9.46. The smallest absolute Gasteiger partial charge is 0.257 e. The largest absolute Gasteiger partial charge is 0.383 e. The molecule has 0 spiro atoms. The first-order valence-electron chi connectivity index (χ1n) is 11.9. The van der Waals surface area contributed by atoms with Crippen molar-refractivity contribution in [3.8, 4) is 0 Å². The number of amides is 1. The highest BCUT2D eigenvalue weighted by atomic mass is 19.1. The number of carbonyl (C=O) groups excluding carboxylic acids is 1. The van der Waals surface area contributed by atoms with E-state index in [0.29, 0.717) is 22.2 Å². The van der Waals surface area contributed by atoms with Gasteiger partial charge in [0.25, 0.3) is 5.91 Å². The number of para-hydroxylation sites is 2. The first-order valence-corrected chi connectivity index (χ1v) is 11.9. The van der Waals surface area contributed by atoms with E-state index < -0.39 is 5.91 Å². The summed E-state index contributed by atoms with van der Waals surface area (Å²) in [5.74, 6) is -0.625. The van der Waals surface area contributed by atoms with Crippen molar-refractivity contribution in [2.75, 3.05) is 5.73 Å². The molecule has 7 nitrogen and oxygen atoms in total. The number of rotatable bonds is 5. The summed E-state index contributed by atoms with van der Waals surface area (Å²) < 4.78 is 14.7. The maximum atomic E-state index is 13.3. The van der Waals surface area contributed by atoms with Gasteiger partial charge >= 0.3 is 0 Å². The Labute approximate surface area is 213 Å². The Morgan fingerprint density at radius 1 is 1.00 bits per heavy atom. The predicted molar refractivity (Wildman–Crippen MR) is 145 cm³/mol. The molecule has 0 aliphatic rings. The van der Waals surface area contributed by atoms with Crippen molar-refractivity contribution in [1.82, 2.24) is 20.0 Å². The Morgan fingerprint density at radius 3 is 2.30 bits per heavy atom. The number of carbonyl (C=O) groups is 1. The summed E-state index contributed by atoms with van der Waals surface area (Å²) in [6, 6.07) is 21.5. The van der Waals surface area contributed by atoms with Crippen molar-refractivity contribution in [2.45, 2.75) is 32.7 Å². The van der Waals surface area contributed by atoms with E-state index in [0.717, 1.165) is 11.1 Å². The van der Waals surface area contributed by atoms with Crippen LogP contribution in [-0.2, 0) is 12.0 Å². The minimum atomic E-state index is -0.417. The summed E-state index contributed by atoms with van der Waals surface area (Å²) in [6.07, 6.45) is 1.68. The molecule has 0 fully saturated rings. The van der Waals surface area contributed by atoms with Crippen LogP contribution in [0.3, 0.4) is 0 Å². The third-order valence-corrected chi connectivity index (χ3v) is 6.17. The molecule has 0 bridgehead atoms. The molecule has 3 N–H and O–H groups in total. The molecule has 0 unspecified atom stereocenters. The molecular formula is C29H27FN6O. The molecule has 8 heteroatoms. The predicted octanol–water partition coefficient (Wildman–Crippen LogP) is 5.42. The number of benzene rings is 3. The highest BCUT2D eigenvalue weighted by Crippen LogP contribution is 2.28. The third kappa shape index (κ3) is 4.91. The molecule has 2 heterocycles. The van der Waals surface area contributed by atoms with Crippen molar-refractivity contribution in [3.63, 3.8) is 0 Å². The van der Waals surface area contributed by atoms with Gasteiger partial charge in [0, 0.05) is 6.54 Å². The molecule has 5 aromatic rings. The Bertz CT molecular complexity index is 1630. The average molecular weight is 495 g/mol. The third-order valence-electron chi connectivity index (χ3n) is 6.17. The standard InChI is InChI=1S/C29H27FN6O/c1-29(2,3)20-12-8-19(9-13-20)17-33-36-26(31)24(28(37)32-16-18-10-14-21(30)15-11-18)25-27(36)35-23-7-5-4-6-22(23)34-25/h4-15,17H,16,31H2,1-3H3,(H,32,37)/b33-17-. The van der Waals surface area contributed by atoms with E-state index in [2.05, 4.69) is 43.3 Å². The van der Waals surface area contributed by atoms with Crippen LogP contribution in [0.15, 0.2) is 77.9 Å². The van der Waals surface area contributed by atoms with Gasteiger partial charge in [-0.3, -0.25) is 4.79 Å². The molecule has 0 radical (unpaired) electrons. The van der Waals surface area contributed by atoms with Crippen molar-refractivity contribution in [2.24, 2.45) is 5.10 Å². The number of halogens is 1. The number of nitrogens with two attached hydrogens (primary N) is 1. The summed E-state index contributed by atoms with van der Waals surface area (Å²) >= 11 is 0. The van der Waals surface area contributed by atoms with Crippen LogP contribution in [0.4, 0.5) is 10.2 Å². The molecule has 2 aromatic heterocycles. The van der Waals surface area contributed by atoms with Crippen molar-refractivity contribution >= 4 is 40.1 Å². The number of hydrogen-bond acceptors (Lipinski definition) is 5. The highest BCUT2D eigenvalue weighted by molar-refractivity contribution is 6.10.